The lowest BCUT2D eigenvalue weighted by Crippen LogP contribution is -2.40. The van der Waals surface area contributed by atoms with Crippen LogP contribution in [0.2, 0.25) is 0 Å². The molecule has 1 aliphatic heterocycles. The summed E-state index contributed by atoms with van der Waals surface area (Å²) in [5, 5.41) is 11.1. The summed E-state index contributed by atoms with van der Waals surface area (Å²) in [5.74, 6) is 6.07. The van der Waals surface area contributed by atoms with Crippen molar-refractivity contribution < 1.29 is 9.66 Å². The third-order valence-corrected chi connectivity index (χ3v) is 3.28. The summed E-state index contributed by atoms with van der Waals surface area (Å²) in [6.45, 7) is 3.91. The van der Waals surface area contributed by atoms with Gasteiger partial charge in [0.2, 0.25) is 5.82 Å². The average Bonchev–Trinajstić information content (AvgIpc) is 2.47. The molecule has 1 fully saturated rings. The maximum Gasteiger partial charge on any atom is 0.311 e. The average molecular weight is 281 g/mol. The van der Waals surface area contributed by atoms with Crippen molar-refractivity contribution in [3.8, 4) is 0 Å². The lowest BCUT2D eigenvalue weighted by atomic mass is 10.1. The van der Waals surface area contributed by atoms with E-state index in [2.05, 4.69) is 10.4 Å². The number of pyridine rings is 1. The van der Waals surface area contributed by atoms with Gasteiger partial charge >= 0.3 is 5.69 Å². The summed E-state index contributed by atoms with van der Waals surface area (Å²) in [7, 11) is 0. The number of hydrogen-bond donors (Lipinski definition) is 2. The number of nitrogens with two attached hydrogens (primary N) is 1. The monoisotopic (exact) mass is 281 g/mol. The van der Waals surface area contributed by atoms with E-state index >= 15 is 0 Å². The Morgan fingerprint density at radius 1 is 1.65 bits per heavy atom. The summed E-state index contributed by atoms with van der Waals surface area (Å²) in [4.78, 5) is 16.8. The number of nitro groups is 1. The Bertz CT molecular complexity index is 480. The fraction of sp³-hybridized carbons (Fsp3) is 0.583. The first-order chi connectivity index (χ1) is 9.65. The molecule has 0 bridgehead atoms. The summed E-state index contributed by atoms with van der Waals surface area (Å²) < 4.78 is 5.61. The smallest absolute Gasteiger partial charge is 0.311 e. The molecule has 0 radical (unpaired) electrons. The molecule has 3 N–H and O–H groups in total. The fourth-order valence-corrected chi connectivity index (χ4v) is 2.40. The molecule has 1 aromatic heterocycles. The van der Waals surface area contributed by atoms with Crippen molar-refractivity contribution in [2.45, 2.75) is 25.9 Å². The van der Waals surface area contributed by atoms with Gasteiger partial charge < -0.3 is 15.1 Å². The predicted octanol–water partition coefficient (Wildman–Crippen LogP) is 1.28. The van der Waals surface area contributed by atoms with Gasteiger partial charge in [-0.2, -0.15) is 0 Å². The van der Waals surface area contributed by atoms with Gasteiger partial charge in [-0.05, 0) is 25.8 Å². The van der Waals surface area contributed by atoms with Crippen LogP contribution in [0.3, 0.4) is 0 Å². The Labute approximate surface area is 117 Å². The standard InChI is InChI=1S/C12H19N5O3/c1-2-20-9-4-3-7-16(8-9)12-10(17(18)19)5-6-11(14-12)15-13/h5-6,9H,2-4,7-8,13H2,1H3,(H,14,15). The summed E-state index contributed by atoms with van der Waals surface area (Å²) in [6, 6.07) is 2.91. The van der Waals surface area contributed by atoms with E-state index in [1.807, 2.05) is 11.8 Å². The van der Waals surface area contributed by atoms with Gasteiger partial charge in [0.15, 0.2) is 0 Å². The summed E-state index contributed by atoms with van der Waals surface area (Å²) in [5.41, 5.74) is 2.40. The van der Waals surface area contributed by atoms with Gasteiger partial charge in [-0.1, -0.05) is 0 Å². The van der Waals surface area contributed by atoms with Crippen LogP contribution in [0.25, 0.3) is 0 Å². The minimum atomic E-state index is -0.424. The molecular weight excluding hydrogens is 262 g/mol. The second kappa shape index (κ2) is 6.49. The number of nitrogens with zero attached hydrogens (tertiary/aromatic N) is 3. The van der Waals surface area contributed by atoms with E-state index in [0.29, 0.717) is 24.8 Å². The summed E-state index contributed by atoms with van der Waals surface area (Å²) >= 11 is 0. The van der Waals surface area contributed by atoms with E-state index in [-0.39, 0.29) is 11.8 Å². The molecule has 8 heteroatoms. The van der Waals surface area contributed by atoms with Gasteiger partial charge in [-0.3, -0.25) is 10.1 Å². The lowest BCUT2D eigenvalue weighted by molar-refractivity contribution is -0.384. The minimum Gasteiger partial charge on any atom is -0.377 e. The second-order valence-corrected chi connectivity index (χ2v) is 4.61. The first-order valence-electron chi connectivity index (χ1n) is 6.64. The van der Waals surface area contributed by atoms with Crippen LogP contribution in [-0.2, 0) is 4.74 Å². The Morgan fingerprint density at radius 2 is 2.45 bits per heavy atom. The van der Waals surface area contributed by atoms with Gasteiger partial charge in [-0.15, -0.1) is 0 Å². The van der Waals surface area contributed by atoms with E-state index in [0.717, 1.165) is 19.4 Å². The molecule has 8 nitrogen and oxygen atoms in total. The highest BCUT2D eigenvalue weighted by Crippen LogP contribution is 2.30. The van der Waals surface area contributed by atoms with Crippen LogP contribution in [0.5, 0.6) is 0 Å². The van der Waals surface area contributed by atoms with Crippen LogP contribution >= 0.6 is 0 Å². The van der Waals surface area contributed by atoms with Crippen molar-refractivity contribution >= 4 is 17.3 Å². The van der Waals surface area contributed by atoms with E-state index in [4.69, 9.17) is 10.6 Å². The maximum atomic E-state index is 11.1. The normalized spacial score (nSPS) is 18.9. The van der Waals surface area contributed by atoms with E-state index in [1.165, 1.54) is 12.1 Å². The molecule has 110 valence electrons. The molecule has 0 amide bonds. The van der Waals surface area contributed by atoms with Crippen molar-refractivity contribution in [2.75, 3.05) is 30.0 Å². The number of hydrogen-bond acceptors (Lipinski definition) is 7. The third-order valence-electron chi connectivity index (χ3n) is 3.28. The SMILES string of the molecule is CCOC1CCCN(c2nc(NN)ccc2[N+](=O)[O-])C1. The number of nitrogens with one attached hydrogen (secondary N) is 1. The van der Waals surface area contributed by atoms with Gasteiger partial charge in [-0.25, -0.2) is 10.8 Å². The number of anilines is 2. The van der Waals surface area contributed by atoms with E-state index < -0.39 is 4.92 Å². The van der Waals surface area contributed by atoms with Crippen molar-refractivity contribution in [1.82, 2.24) is 4.98 Å². The van der Waals surface area contributed by atoms with Gasteiger partial charge in [0.1, 0.15) is 5.82 Å². The molecule has 0 aliphatic carbocycles. The Hall–Kier alpha value is -1.93. The molecule has 1 aliphatic rings. The van der Waals surface area contributed by atoms with Gasteiger partial charge in [0.05, 0.1) is 11.0 Å². The van der Waals surface area contributed by atoms with E-state index in [9.17, 15) is 10.1 Å². The quantitative estimate of drug-likeness (QED) is 0.475. The Morgan fingerprint density at radius 3 is 3.10 bits per heavy atom. The molecule has 1 aromatic rings. The van der Waals surface area contributed by atoms with Crippen molar-refractivity contribution in [3.05, 3.63) is 22.2 Å². The number of rotatable bonds is 5. The van der Waals surface area contributed by atoms with Crippen molar-refractivity contribution in [1.29, 1.82) is 0 Å². The van der Waals surface area contributed by atoms with Crippen molar-refractivity contribution in [3.63, 3.8) is 0 Å². The zero-order valence-electron chi connectivity index (χ0n) is 11.4. The molecule has 1 unspecified atom stereocenters. The van der Waals surface area contributed by atoms with Crippen LogP contribution in [-0.4, -0.2) is 35.7 Å². The lowest BCUT2D eigenvalue weighted by Gasteiger charge is -2.33. The molecule has 1 atom stereocenters. The minimum absolute atomic E-state index is 0.0128. The van der Waals surface area contributed by atoms with E-state index in [1.54, 1.807) is 0 Å². The topological polar surface area (TPSA) is 107 Å². The molecule has 2 rings (SSSR count). The molecule has 0 aromatic carbocycles. The largest absolute Gasteiger partial charge is 0.377 e. The number of nitrogen functional groups attached to an aromatic ring is 1. The van der Waals surface area contributed by atoms with Crippen molar-refractivity contribution in [2.24, 2.45) is 5.84 Å². The molecule has 1 saturated heterocycles. The van der Waals surface area contributed by atoms with Crippen LogP contribution in [0.4, 0.5) is 17.3 Å². The maximum absolute atomic E-state index is 11.1. The Kier molecular flexibility index (Phi) is 4.70. The fourth-order valence-electron chi connectivity index (χ4n) is 2.40. The first-order valence-corrected chi connectivity index (χ1v) is 6.64. The van der Waals surface area contributed by atoms with Gasteiger partial charge in [0.25, 0.3) is 0 Å². The number of aromatic nitrogens is 1. The number of ether oxygens (including phenoxy) is 1. The van der Waals surface area contributed by atoms with Crippen LogP contribution in [0, 0.1) is 10.1 Å². The van der Waals surface area contributed by atoms with Crippen LogP contribution in [0.1, 0.15) is 19.8 Å². The highest BCUT2D eigenvalue weighted by molar-refractivity contribution is 5.61. The Balaban J connectivity index is 2.27. The second-order valence-electron chi connectivity index (χ2n) is 4.61. The van der Waals surface area contributed by atoms with Crippen LogP contribution in [0.15, 0.2) is 12.1 Å². The molecule has 0 spiro atoms. The number of hydrazine groups is 1. The highest BCUT2D eigenvalue weighted by Gasteiger charge is 2.27. The third kappa shape index (κ3) is 3.14. The zero-order valence-corrected chi connectivity index (χ0v) is 11.4. The predicted molar refractivity (Wildman–Crippen MR) is 75.6 cm³/mol. The molecule has 20 heavy (non-hydrogen) atoms. The molecular formula is C12H19N5O3. The first kappa shape index (κ1) is 14.5. The number of piperidine rings is 1. The van der Waals surface area contributed by atoms with Gasteiger partial charge in [0, 0.05) is 25.8 Å². The molecule has 0 saturated carbocycles. The molecule has 2 heterocycles. The highest BCUT2D eigenvalue weighted by atomic mass is 16.6. The summed E-state index contributed by atoms with van der Waals surface area (Å²) in [6.07, 6.45) is 1.97. The van der Waals surface area contributed by atoms with Crippen LogP contribution < -0.4 is 16.2 Å². The zero-order chi connectivity index (χ0) is 14.5.